The number of hydrogen-bond donors (Lipinski definition) is 1. The fraction of sp³-hybridized carbons (Fsp3) is 0.0909. The zero-order chi connectivity index (χ0) is 10.1. The van der Waals surface area contributed by atoms with Gasteiger partial charge in [-0.15, -0.1) is 0 Å². The predicted molar refractivity (Wildman–Crippen MR) is 50.2 cm³/mol. The molecule has 1 N–H and O–H groups in total. The van der Waals surface area contributed by atoms with Gasteiger partial charge in [-0.05, 0) is 11.6 Å². The summed E-state index contributed by atoms with van der Waals surface area (Å²) in [4.78, 5) is 22.1. The smallest absolute Gasteiger partial charge is 0.332 e. The Hall–Kier alpha value is -1.90. The van der Waals surface area contributed by atoms with Crippen LogP contribution in [-0.2, 0) is 11.2 Å². The number of ketones is 1. The van der Waals surface area contributed by atoms with Gasteiger partial charge in [0.2, 0.25) is 0 Å². The number of carbonyl (C=O) groups is 2. The largest absolute Gasteiger partial charge is 0.478 e. The number of aliphatic carboxylic acids is 1. The van der Waals surface area contributed by atoms with Crippen molar-refractivity contribution in [3.05, 3.63) is 47.0 Å². The van der Waals surface area contributed by atoms with E-state index in [1.807, 2.05) is 0 Å². The van der Waals surface area contributed by atoms with Gasteiger partial charge in [-0.3, -0.25) is 4.79 Å². The third kappa shape index (κ3) is 1.33. The van der Waals surface area contributed by atoms with Crippen LogP contribution in [0.1, 0.15) is 15.9 Å². The summed E-state index contributed by atoms with van der Waals surface area (Å²) in [5.41, 5.74) is 1.56. The van der Waals surface area contributed by atoms with Crippen LogP contribution in [0, 0.1) is 0 Å². The molecule has 2 rings (SSSR count). The third-order valence-electron chi connectivity index (χ3n) is 2.24. The minimum atomic E-state index is -1.02. The summed E-state index contributed by atoms with van der Waals surface area (Å²) >= 11 is 0. The predicted octanol–water partition coefficient (Wildman–Crippen LogP) is 1.44. The number of fused-ring (bicyclic) bond motifs is 1. The molecule has 0 atom stereocenters. The molecule has 1 aromatic rings. The fourth-order valence-corrected chi connectivity index (χ4v) is 1.54. The van der Waals surface area contributed by atoms with Crippen LogP contribution >= 0.6 is 0 Å². The quantitative estimate of drug-likeness (QED) is 0.725. The van der Waals surface area contributed by atoms with E-state index in [0.717, 1.165) is 5.56 Å². The summed E-state index contributed by atoms with van der Waals surface area (Å²) < 4.78 is 0. The number of allylic oxidation sites excluding steroid dienone is 1. The molecule has 70 valence electrons. The maximum Gasteiger partial charge on any atom is 0.332 e. The molecule has 0 aromatic heterocycles. The van der Waals surface area contributed by atoms with Crippen molar-refractivity contribution in [2.45, 2.75) is 6.42 Å². The molecule has 0 heterocycles. The van der Waals surface area contributed by atoms with Crippen molar-refractivity contribution in [3.63, 3.8) is 0 Å². The summed E-state index contributed by atoms with van der Waals surface area (Å²) in [5.74, 6) is -1.24. The summed E-state index contributed by atoms with van der Waals surface area (Å²) in [6.45, 7) is 0. The van der Waals surface area contributed by atoms with Crippen LogP contribution in [0.5, 0.6) is 0 Å². The lowest BCUT2D eigenvalue weighted by Crippen LogP contribution is -2.14. The van der Waals surface area contributed by atoms with Gasteiger partial charge < -0.3 is 5.11 Å². The first-order valence-corrected chi connectivity index (χ1v) is 4.24. The maximum atomic E-state index is 11.5. The molecular formula is C11H8O3. The van der Waals surface area contributed by atoms with Crippen LogP contribution < -0.4 is 0 Å². The van der Waals surface area contributed by atoms with E-state index in [1.54, 1.807) is 24.3 Å². The van der Waals surface area contributed by atoms with Crippen molar-refractivity contribution in [3.8, 4) is 0 Å². The Labute approximate surface area is 80.7 Å². The van der Waals surface area contributed by atoms with Crippen LogP contribution in [0.4, 0.5) is 0 Å². The molecule has 0 radical (unpaired) electrons. The lowest BCUT2D eigenvalue weighted by Gasteiger charge is -2.12. The molecule has 0 unspecified atom stereocenters. The maximum absolute atomic E-state index is 11.5. The number of carbonyl (C=O) groups excluding carboxylic acids is 1. The van der Waals surface area contributed by atoms with Gasteiger partial charge in [-0.2, -0.15) is 0 Å². The van der Waals surface area contributed by atoms with Crippen LogP contribution in [-0.4, -0.2) is 16.9 Å². The molecule has 0 spiro atoms. The van der Waals surface area contributed by atoms with Crippen molar-refractivity contribution >= 4 is 11.8 Å². The van der Waals surface area contributed by atoms with Gasteiger partial charge >= 0.3 is 5.97 Å². The molecular weight excluding hydrogens is 180 g/mol. The molecule has 14 heavy (non-hydrogen) atoms. The molecule has 3 heteroatoms. The molecule has 0 fully saturated rings. The standard InChI is InChI=1S/C11H8O3/c12-10-6-8(11(13)14)5-7-3-1-2-4-9(7)10/h1-4,6H,5H2,(H,13,14). The highest BCUT2D eigenvalue weighted by Crippen LogP contribution is 2.20. The highest BCUT2D eigenvalue weighted by atomic mass is 16.4. The first-order valence-electron chi connectivity index (χ1n) is 4.24. The Bertz CT molecular complexity index is 444. The van der Waals surface area contributed by atoms with Crippen LogP contribution in [0.15, 0.2) is 35.9 Å². The lowest BCUT2D eigenvalue weighted by atomic mass is 9.91. The van der Waals surface area contributed by atoms with Gasteiger partial charge in [0, 0.05) is 17.6 Å². The van der Waals surface area contributed by atoms with E-state index in [2.05, 4.69) is 0 Å². The van der Waals surface area contributed by atoms with E-state index in [1.165, 1.54) is 6.08 Å². The number of carboxylic acid groups (broad SMARTS) is 1. The minimum Gasteiger partial charge on any atom is -0.478 e. The van der Waals surface area contributed by atoms with Crippen LogP contribution in [0.2, 0.25) is 0 Å². The monoisotopic (exact) mass is 188 g/mol. The number of benzene rings is 1. The van der Waals surface area contributed by atoms with Gasteiger partial charge in [-0.1, -0.05) is 24.3 Å². The second-order valence-corrected chi connectivity index (χ2v) is 3.17. The third-order valence-corrected chi connectivity index (χ3v) is 2.24. The van der Waals surface area contributed by atoms with Crippen LogP contribution in [0.25, 0.3) is 0 Å². The second-order valence-electron chi connectivity index (χ2n) is 3.17. The Balaban J connectivity index is 2.48. The molecule has 3 nitrogen and oxygen atoms in total. The molecule has 0 amide bonds. The lowest BCUT2D eigenvalue weighted by molar-refractivity contribution is -0.132. The highest BCUT2D eigenvalue weighted by Gasteiger charge is 2.20. The van der Waals surface area contributed by atoms with Crippen molar-refractivity contribution in [1.29, 1.82) is 0 Å². The summed E-state index contributed by atoms with van der Waals surface area (Å²) in [5, 5.41) is 8.76. The SMILES string of the molecule is O=C(O)C1=CC(=O)c2ccccc2C1. The molecule has 0 aliphatic heterocycles. The van der Waals surface area contributed by atoms with E-state index in [0.29, 0.717) is 12.0 Å². The topological polar surface area (TPSA) is 54.4 Å². The molecule has 0 bridgehead atoms. The van der Waals surface area contributed by atoms with E-state index in [-0.39, 0.29) is 11.4 Å². The van der Waals surface area contributed by atoms with Crippen LogP contribution in [0.3, 0.4) is 0 Å². The van der Waals surface area contributed by atoms with Crippen molar-refractivity contribution in [2.24, 2.45) is 0 Å². The van der Waals surface area contributed by atoms with Gasteiger partial charge in [0.1, 0.15) is 0 Å². The Morgan fingerprint density at radius 1 is 1.29 bits per heavy atom. The highest BCUT2D eigenvalue weighted by molar-refractivity contribution is 6.11. The molecule has 1 aliphatic carbocycles. The molecule has 0 saturated carbocycles. The van der Waals surface area contributed by atoms with E-state index >= 15 is 0 Å². The van der Waals surface area contributed by atoms with Crippen molar-refractivity contribution in [2.75, 3.05) is 0 Å². The van der Waals surface area contributed by atoms with E-state index in [4.69, 9.17) is 5.11 Å². The summed E-state index contributed by atoms with van der Waals surface area (Å²) in [6.07, 6.45) is 1.53. The van der Waals surface area contributed by atoms with E-state index in [9.17, 15) is 9.59 Å². The van der Waals surface area contributed by atoms with Crippen molar-refractivity contribution in [1.82, 2.24) is 0 Å². The van der Waals surface area contributed by atoms with Gasteiger partial charge in [0.15, 0.2) is 5.78 Å². The second kappa shape index (κ2) is 3.10. The summed E-state index contributed by atoms with van der Waals surface area (Å²) in [6, 6.07) is 7.07. The molecule has 1 aromatic carbocycles. The average Bonchev–Trinajstić information content (AvgIpc) is 2.17. The first kappa shape index (κ1) is 8.69. The van der Waals surface area contributed by atoms with Gasteiger partial charge in [-0.25, -0.2) is 4.79 Å². The van der Waals surface area contributed by atoms with Gasteiger partial charge in [0.25, 0.3) is 0 Å². The zero-order valence-corrected chi connectivity index (χ0v) is 7.36. The Morgan fingerprint density at radius 2 is 2.00 bits per heavy atom. The zero-order valence-electron chi connectivity index (χ0n) is 7.36. The van der Waals surface area contributed by atoms with Gasteiger partial charge in [0.05, 0.1) is 0 Å². The van der Waals surface area contributed by atoms with E-state index < -0.39 is 5.97 Å². The van der Waals surface area contributed by atoms with Crippen molar-refractivity contribution < 1.29 is 14.7 Å². The minimum absolute atomic E-state index is 0.161. The molecule has 0 saturated heterocycles. The first-order chi connectivity index (χ1) is 6.68. The number of carboxylic acids is 1. The fourth-order valence-electron chi connectivity index (χ4n) is 1.54. The number of hydrogen-bond acceptors (Lipinski definition) is 2. The average molecular weight is 188 g/mol. The number of rotatable bonds is 1. The Kier molecular flexibility index (Phi) is 1.93. The normalized spacial score (nSPS) is 14.6. The Morgan fingerprint density at radius 3 is 2.71 bits per heavy atom. The molecule has 1 aliphatic rings. The summed E-state index contributed by atoms with van der Waals surface area (Å²) in [7, 11) is 0.